The molecule has 5 heteroatoms. The molecule has 0 unspecified atom stereocenters. The van der Waals surface area contributed by atoms with Crippen molar-refractivity contribution in [3.05, 3.63) is 105 Å². The number of hydrogen-bond donors (Lipinski definition) is 1. The van der Waals surface area contributed by atoms with E-state index in [2.05, 4.69) is 5.32 Å². The van der Waals surface area contributed by atoms with Gasteiger partial charge in [-0.25, -0.2) is 0 Å². The van der Waals surface area contributed by atoms with Crippen LogP contribution < -0.4 is 5.32 Å². The van der Waals surface area contributed by atoms with Gasteiger partial charge in [0.05, 0.1) is 16.2 Å². The van der Waals surface area contributed by atoms with Gasteiger partial charge in [0.2, 0.25) is 5.91 Å². The minimum atomic E-state index is -0.444. The van der Waals surface area contributed by atoms with Gasteiger partial charge in [-0.2, -0.15) is 0 Å². The van der Waals surface area contributed by atoms with Crippen LogP contribution in [0.3, 0.4) is 0 Å². The van der Waals surface area contributed by atoms with E-state index in [1.165, 1.54) is 13.0 Å². The van der Waals surface area contributed by atoms with Gasteiger partial charge in [-0.3, -0.25) is 14.9 Å². The van der Waals surface area contributed by atoms with E-state index in [0.717, 1.165) is 11.1 Å². The van der Waals surface area contributed by atoms with Crippen LogP contribution in [0.25, 0.3) is 24.3 Å². The Balaban J connectivity index is 2.06. The van der Waals surface area contributed by atoms with Gasteiger partial charge in [0, 0.05) is 13.0 Å². The van der Waals surface area contributed by atoms with Crippen LogP contribution in [0, 0.1) is 10.1 Å². The minimum absolute atomic E-state index is 0.0715. The second-order valence-electron chi connectivity index (χ2n) is 6.42. The van der Waals surface area contributed by atoms with E-state index in [-0.39, 0.29) is 11.6 Å². The van der Waals surface area contributed by atoms with Crippen molar-refractivity contribution in [2.45, 2.75) is 6.92 Å². The van der Waals surface area contributed by atoms with E-state index >= 15 is 0 Å². The number of rotatable bonds is 6. The van der Waals surface area contributed by atoms with Crippen molar-refractivity contribution in [3.8, 4) is 0 Å². The lowest BCUT2D eigenvalue weighted by molar-refractivity contribution is -0.385. The van der Waals surface area contributed by atoms with Crippen LogP contribution in [0.15, 0.2) is 72.8 Å². The average molecular weight is 384 g/mol. The summed E-state index contributed by atoms with van der Waals surface area (Å²) in [6.45, 7) is 1.37. The minimum Gasteiger partial charge on any atom is -0.326 e. The van der Waals surface area contributed by atoms with Crippen molar-refractivity contribution >= 4 is 41.6 Å². The van der Waals surface area contributed by atoms with Gasteiger partial charge >= 0.3 is 0 Å². The molecule has 0 heterocycles. The van der Waals surface area contributed by atoms with Gasteiger partial charge in [0.25, 0.3) is 5.69 Å². The molecule has 0 saturated heterocycles. The topological polar surface area (TPSA) is 72.2 Å². The Kier molecular flexibility index (Phi) is 6.32. The van der Waals surface area contributed by atoms with E-state index in [1.54, 1.807) is 12.1 Å². The number of nitro groups is 1. The van der Waals surface area contributed by atoms with Gasteiger partial charge < -0.3 is 5.32 Å². The number of amides is 1. The molecule has 0 spiro atoms. The highest BCUT2D eigenvalue weighted by atomic mass is 16.6. The number of nitrogens with zero attached hydrogens (tertiary/aromatic N) is 1. The molecule has 5 nitrogen and oxygen atoms in total. The Morgan fingerprint density at radius 2 is 1.34 bits per heavy atom. The normalized spacial score (nSPS) is 11.1. The molecule has 29 heavy (non-hydrogen) atoms. The van der Waals surface area contributed by atoms with Crippen molar-refractivity contribution in [2.75, 3.05) is 5.32 Å². The molecule has 3 rings (SSSR count). The van der Waals surface area contributed by atoms with Crippen molar-refractivity contribution in [3.63, 3.8) is 0 Å². The zero-order valence-corrected chi connectivity index (χ0v) is 15.9. The Bertz CT molecular complexity index is 1070. The first-order valence-corrected chi connectivity index (χ1v) is 9.09. The fourth-order valence-electron chi connectivity index (χ4n) is 2.85. The van der Waals surface area contributed by atoms with Crippen LogP contribution in [0.1, 0.15) is 29.2 Å². The van der Waals surface area contributed by atoms with Gasteiger partial charge in [-0.1, -0.05) is 78.9 Å². The predicted molar refractivity (Wildman–Crippen MR) is 118 cm³/mol. The summed E-state index contributed by atoms with van der Waals surface area (Å²) >= 11 is 0. The molecule has 1 N–H and O–H groups in total. The van der Waals surface area contributed by atoms with E-state index in [0.29, 0.717) is 16.8 Å². The van der Waals surface area contributed by atoms with Crippen LogP contribution >= 0.6 is 0 Å². The molecule has 0 aliphatic rings. The second-order valence-corrected chi connectivity index (χ2v) is 6.42. The van der Waals surface area contributed by atoms with E-state index in [1.807, 2.05) is 78.9 Å². The molecule has 3 aromatic carbocycles. The maximum atomic E-state index is 11.6. The van der Waals surface area contributed by atoms with Crippen molar-refractivity contribution in [1.82, 2.24) is 0 Å². The lowest BCUT2D eigenvalue weighted by Gasteiger charge is -2.09. The summed E-state index contributed by atoms with van der Waals surface area (Å²) in [7, 11) is 0. The van der Waals surface area contributed by atoms with Gasteiger partial charge in [-0.15, -0.1) is 0 Å². The molecule has 0 fully saturated rings. The summed E-state index contributed by atoms with van der Waals surface area (Å²) in [4.78, 5) is 22.8. The van der Waals surface area contributed by atoms with Crippen LogP contribution in [-0.4, -0.2) is 10.8 Å². The summed E-state index contributed by atoms with van der Waals surface area (Å²) in [5.41, 5.74) is 3.39. The summed E-state index contributed by atoms with van der Waals surface area (Å²) in [5, 5.41) is 14.3. The Morgan fingerprint density at radius 1 is 0.828 bits per heavy atom. The average Bonchev–Trinajstić information content (AvgIpc) is 2.72. The fraction of sp³-hybridized carbons (Fsp3) is 0.0417. The molecule has 0 aliphatic heterocycles. The van der Waals surface area contributed by atoms with Crippen molar-refractivity contribution < 1.29 is 9.72 Å². The van der Waals surface area contributed by atoms with Gasteiger partial charge in [0.1, 0.15) is 0 Å². The van der Waals surface area contributed by atoms with Crippen LogP contribution in [0.5, 0.6) is 0 Å². The lowest BCUT2D eigenvalue weighted by atomic mass is 10.0. The molecule has 0 radical (unpaired) electrons. The molecule has 3 aromatic rings. The molecular formula is C24H20N2O3. The Labute approximate surface area is 169 Å². The molecule has 0 saturated carbocycles. The largest absolute Gasteiger partial charge is 0.326 e. The predicted octanol–water partition coefficient (Wildman–Crippen LogP) is 5.89. The molecule has 0 bridgehead atoms. The third kappa shape index (κ3) is 5.49. The first-order chi connectivity index (χ1) is 14.0. The van der Waals surface area contributed by atoms with E-state index in [9.17, 15) is 14.9 Å². The number of anilines is 1. The summed E-state index contributed by atoms with van der Waals surface area (Å²) < 4.78 is 0. The lowest BCUT2D eigenvalue weighted by Crippen LogP contribution is -2.08. The fourth-order valence-corrected chi connectivity index (χ4v) is 2.85. The summed E-state index contributed by atoms with van der Waals surface area (Å²) in [5.74, 6) is -0.291. The van der Waals surface area contributed by atoms with Gasteiger partial charge in [0.15, 0.2) is 0 Å². The van der Waals surface area contributed by atoms with E-state index < -0.39 is 4.92 Å². The zero-order chi connectivity index (χ0) is 20.6. The molecule has 144 valence electrons. The van der Waals surface area contributed by atoms with Crippen LogP contribution in [0.4, 0.5) is 11.4 Å². The van der Waals surface area contributed by atoms with Crippen molar-refractivity contribution in [2.24, 2.45) is 0 Å². The van der Waals surface area contributed by atoms with E-state index in [4.69, 9.17) is 0 Å². The van der Waals surface area contributed by atoms with Crippen LogP contribution in [0.2, 0.25) is 0 Å². The zero-order valence-electron chi connectivity index (χ0n) is 15.9. The second kappa shape index (κ2) is 9.28. The first kappa shape index (κ1) is 19.8. The SMILES string of the molecule is CC(=O)Nc1cc([N+](=O)[O-])c(/C=C/c2ccccc2)cc1/C=C/c1ccccc1. The smallest absolute Gasteiger partial charge is 0.278 e. The highest BCUT2D eigenvalue weighted by molar-refractivity contribution is 5.94. The monoisotopic (exact) mass is 384 g/mol. The molecule has 0 aromatic heterocycles. The number of carbonyl (C=O) groups is 1. The maximum absolute atomic E-state index is 11.6. The first-order valence-electron chi connectivity index (χ1n) is 9.09. The standard InChI is InChI=1S/C24H20N2O3/c1-18(27)25-23-17-24(26(28)29)22(15-13-20-10-6-3-7-11-20)16-21(23)14-12-19-8-4-2-5-9-19/h2-17H,1H3,(H,25,27)/b14-12+,15-13+. The molecular weight excluding hydrogens is 364 g/mol. The highest BCUT2D eigenvalue weighted by Gasteiger charge is 2.16. The van der Waals surface area contributed by atoms with Crippen molar-refractivity contribution in [1.29, 1.82) is 0 Å². The number of hydrogen-bond acceptors (Lipinski definition) is 3. The Morgan fingerprint density at radius 3 is 1.83 bits per heavy atom. The molecule has 0 atom stereocenters. The summed E-state index contributed by atoms with van der Waals surface area (Å²) in [6.07, 6.45) is 7.28. The Hall–Kier alpha value is -3.99. The highest BCUT2D eigenvalue weighted by Crippen LogP contribution is 2.30. The number of nitrogens with one attached hydrogen (secondary N) is 1. The molecule has 0 aliphatic carbocycles. The van der Waals surface area contributed by atoms with Gasteiger partial charge in [-0.05, 0) is 28.8 Å². The quantitative estimate of drug-likeness (QED) is 0.327. The maximum Gasteiger partial charge on any atom is 0.278 e. The summed E-state index contributed by atoms with van der Waals surface area (Å²) in [6, 6.07) is 22.4. The number of carbonyl (C=O) groups excluding carboxylic acids is 1. The number of benzene rings is 3. The third-order valence-electron chi connectivity index (χ3n) is 4.22. The van der Waals surface area contributed by atoms with Crippen LogP contribution in [-0.2, 0) is 4.79 Å². The molecule has 1 amide bonds. The third-order valence-corrected chi connectivity index (χ3v) is 4.22. The number of nitro benzene ring substituents is 1.